The molecule has 0 radical (unpaired) electrons. The fraction of sp³-hybridized carbons (Fsp3) is 0.917. The molecule has 0 aromatic heterocycles. The van der Waals surface area contributed by atoms with Crippen LogP contribution in [0.5, 0.6) is 0 Å². The summed E-state index contributed by atoms with van der Waals surface area (Å²) in [5.74, 6) is -0.161. The topological polar surface area (TPSA) is 35.5 Å². The summed E-state index contributed by atoms with van der Waals surface area (Å²) in [4.78, 5) is 11.1. The van der Waals surface area contributed by atoms with Crippen LogP contribution in [-0.4, -0.2) is 30.6 Å². The number of unbranched alkanes of at least 4 members (excludes halogenated alkanes) is 1. The maximum atomic E-state index is 11.1. The maximum Gasteiger partial charge on any atom is 0.308 e. The minimum atomic E-state index is -0.161. The maximum absolute atomic E-state index is 11.1. The molecule has 1 aliphatic rings. The number of alkyl halides is 1. The number of hydrogen-bond acceptors (Lipinski definition) is 3. The second kappa shape index (κ2) is 8.07. The van der Waals surface area contributed by atoms with Crippen molar-refractivity contribution < 1.29 is 14.3 Å². The number of carbonyl (C=O) groups is 1. The summed E-state index contributed by atoms with van der Waals surface area (Å²) < 4.78 is 10.6. The van der Waals surface area contributed by atoms with Gasteiger partial charge in [-0.05, 0) is 32.1 Å². The zero-order chi connectivity index (χ0) is 11.8. The fourth-order valence-corrected chi connectivity index (χ4v) is 2.48. The Bertz CT molecular complexity index is 208. The lowest BCUT2D eigenvalue weighted by Crippen LogP contribution is -2.29. The van der Waals surface area contributed by atoms with Crippen LogP contribution in [0.1, 0.15) is 44.9 Å². The normalized spacial score (nSPS) is 25.4. The van der Waals surface area contributed by atoms with E-state index in [0.29, 0.717) is 12.5 Å². The van der Waals surface area contributed by atoms with Crippen molar-refractivity contribution in [3.63, 3.8) is 0 Å². The Kier molecular flexibility index (Phi) is 7.05. The first-order valence-corrected chi connectivity index (χ1v) is 7.16. The molecule has 0 unspecified atom stereocenters. The van der Waals surface area contributed by atoms with Gasteiger partial charge in [0.1, 0.15) is 0 Å². The fourth-order valence-electron chi connectivity index (χ4n) is 2.08. The van der Waals surface area contributed by atoms with Gasteiger partial charge in [-0.3, -0.25) is 4.79 Å². The molecule has 0 aromatic carbocycles. The molecular weight excluding hydrogens is 272 g/mol. The molecule has 4 heteroatoms. The molecule has 0 spiro atoms. The van der Waals surface area contributed by atoms with Gasteiger partial charge in [0, 0.05) is 5.33 Å². The molecule has 0 N–H and O–H groups in total. The second-order valence-corrected chi connectivity index (χ2v) is 5.07. The van der Waals surface area contributed by atoms with Gasteiger partial charge >= 0.3 is 5.97 Å². The monoisotopic (exact) mass is 292 g/mol. The van der Waals surface area contributed by atoms with Gasteiger partial charge in [-0.2, -0.15) is 0 Å². The average Bonchev–Trinajstić information content (AvgIpc) is 2.30. The third-order valence-corrected chi connectivity index (χ3v) is 3.53. The SMILES string of the molecule is COC(=O)C[C@H]1CCC[C@@H](CCCCBr)O1. The standard InChI is InChI=1S/C12H21BrO3/c1-15-12(14)9-11-7-4-6-10(16-11)5-2-3-8-13/h10-11H,2-9H2,1H3/t10-,11-/m1/s1. The van der Waals surface area contributed by atoms with Crippen molar-refractivity contribution >= 4 is 21.9 Å². The summed E-state index contributed by atoms with van der Waals surface area (Å²) in [6.07, 6.45) is 7.64. The first kappa shape index (κ1) is 14.0. The summed E-state index contributed by atoms with van der Waals surface area (Å²) in [7, 11) is 1.43. The Morgan fingerprint density at radius 2 is 2.12 bits per heavy atom. The summed E-state index contributed by atoms with van der Waals surface area (Å²) >= 11 is 3.43. The van der Waals surface area contributed by atoms with Crippen LogP contribution in [-0.2, 0) is 14.3 Å². The van der Waals surface area contributed by atoms with E-state index in [4.69, 9.17) is 4.74 Å². The predicted molar refractivity (Wildman–Crippen MR) is 66.8 cm³/mol. The van der Waals surface area contributed by atoms with Crippen LogP contribution in [0.25, 0.3) is 0 Å². The van der Waals surface area contributed by atoms with Crippen molar-refractivity contribution in [3.8, 4) is 0 Å². The van der Waals surface area contributed by atoms with Crippen molar-refractivity contribution in [3.05, 3.63) is 0 Å². The zero-order valence-corrected chi connectivity index (χ0v) is 11.5. The molecule has 2 atom stereocenters. The van der Waals surface area contributed by atoms with Gasteiger partial charge < -0.3 is 9.47 Å². The van der Waals surface area contributed by atoms with Crippen LogP contribution < -0.4 is 0 Å². The Morgan fingerprint density at radius 1 is 1.38 bits per heavy atom. The average molecular weight is 293 g/mol. The van der Waals surface area contributed by atoms with E-state index >= 15 is 0 Å². The van der Waals surface area contributed by atoms with E-state index in [-0.39, 0.29) is 12.1 Å². The summed E-state index contributed by atoms with van der Waals surface area (Å²) in [6.45, 7) is 0. The summed E-state index contributed by atoms with van der Waals surface area (Å²) in [5, 5.41) is 1.06. The molecule has 1 fully saturated rings. The van der Waals surface area contributed by atoms with E-state index in [0.717, 1.165) is 24.6 Å². The van der Waals surface area contributed by atoms with Crippen LogP contribution in [0, 0.1) is 0 Å². The lowest BCUT2D eigenvalue weighted by molar-refractivity contribution is -0.147. The van der Waals surface area contributed by atoms with Crippen LogP contribution in [0.2, 0.25) is 0 Å². The number of halogens is 1. The highest BCUT2D eigenvalue weighted by atomic mass is 79.9. The van der Waals surface area contributed by atoms with Gasteiger partial charge in [-0.1, -0.05) is 22.4 Å². The molecule has 1 aliphatic heterocycles. The van der Waals surface area contributed by atoms with E-state index < -0.39 is 0 Å². The van der Waals surface area contributed by atoms with E-state index in [2.05, 4.69) is 20.7 Å². The molecule has 0 bridgehead atoms. The van der Waals surface area contributed by atoms with Gasteiger partial charge in [0.25, 0.3) is 0 Å². The van der Waals surface area contributed by atoms with E-state index in [1.165, 1.54) is 26.4 Å². The highest BCUT2D eigenvalue weighted by molar-refractivity contribution is 9.09. The molecule has 0 amide bonds. The van der Waals surface area contributed by atoms with Crippen molar-refractivity contribution in [1.82, 2.24) is 0 Å². The Balaban J connectivity index is 2.21. The van der Waals surface area contributed by atoms with Gasteiger partial charge in [0.2, 0.25) is 0 Å². The molecule has 0 aromatic rings. The van der Waals surface area contributed by atoms with E-state index in [1.54, 1.807) is 0 Å². The third-order valence-electron chi connectivity index (χ3n) is 2.97. The van der Waals surface area contributed by atoms with Crippen LogP contribution >= 0.6 is 15.9 Å². The van der Waals surface area contributed by atoms with Crippen molar-refractivity contribution in [1.29, 1.82) is 0 Å². The van der Waals surface area contributed by atoms with E-state index in [9.17, 15) is 4.79 Å². The van der Waals surface area contributed by atoms with Crippen LogP contribution in [0.4, 0.5) is 0 Å². The molecule has 3 nitrogen and oxygen atoms in total. The quantitative estimate of drug-likeness (QED) is 0.429. The number of methoxy groups -OCH3 is 1. The lowest BCUT2D eigenvalue weighted by atomic mass is 9.99. The molecule has 1 rings (SSSR count). The Labute approximate surface area is 106 Å². The Hall–Kier alpha value is -0.0900. The number of esters is 1. The second-order valence-electron chi connectivity index (χ2n) is 4.28. The zero-order valence-electron chi connectivity index (χ0n) is 9.91. The number of hydrogen-bond donors (Lipinski definition) is 0. The van der Waals surface area contributed by atoms with Gasteiger partial charge in [0.05, 0.1) is 25.7 Å². The molecule has 0 saturated carbocycles. The first-order valence-electron chi connectivity index (χ1n) is 6.04. The highest BCUT2D eigenvalue weighted by Gasteiger charge is 2.24. The van der Waals surface area contributed by atoms with Crippen molar-refractivity contribution in [2.75, 3.05) is 12.4 Å². The minimum absolute atomic E-state index is 0.0789. The van der Waals surface area contributed by atoms with Crippen molar-refractivity contribution in [2.24, 2.45) is 0 Å². The molecule has 0 aliphatic carbocycles. The minimum Gasteiger partial charge on any atom is -0.469 e. The molecule has 1 heterocycles. The third kappa shape index (κ3) is 5.30. The van der Waals surface area contributed by atoms with Crippen LogP contribution in [0.3, 0.4) is 0 Å². The van der Waals surface area contributed by atoms with Crippen molar-refractivity contribution in [2.45, 2.75) is 57.2 Å². The largest absolute Gasteiger partial charge is 0.469 e. The summed E-state index contributed by atoms with van der Waals surface area (Å²) in [6, 6.07) is 0. The number of ether oxygens (including phenoxy) is 2. The predicted octanol–water partition coefficient (Wildman–Crippen LogP) is 3.05. The first-order chi connectivity index (χ1) is 7.76. The molecule has 1 saturated heterocycles. The van der Waals surface area contributed by atoms with Gasteiger partial charge in [-0.25, -0.2) is 0 Å². The highest BCUT2D eigenvalue weighted by Crippen LogP contribution is 2.24. The van der Waals surface area contributed by atoms with Crippen LogP contribution in [0.15, 0.2) is 0 Å². The van der Waals surface area contributed by atoms with Gasteiger partial charge in [-0.15, -0.1) is 0 Å². The van der Waals surface area contributed by atoms with E-state index in [1.807, 2.05) is 0 Å². The molecule has 94 valence electrons. The van der Waals surface area contributed by atoms with Gasteiger partial charge in [0.15, 0.2) is 0 Å². The Morgan fingerprint density at radius 3 is 2.81 bits per heavy atom. The molecule has 16 heavy (non-hydrogen) atoms. The molecular formula is C12H21BrO3. The number of carbonyl (C=O) groups excluding carboxylic acids is 1. The summed E-state index contributed by atoms with van der Waals surface area (Å²) in [5.41, 5.74) is 0. The number of rotatable bonds is 6. The lowest BCUT2D eigenvalue weighted by Gasteiger charge is -2.29. The smallest absolute Gasteiger partial charge is 0.308 e.